The number of H-pyrrole nitrogens is 1. The number of aromatic amines is 1. The van der Waals surface area contributed by atoms with Gasteiger partial charge in [0.15, 0.2) is 5.78 Å². The predicted octanol–water partition coefficient (Wildman–Crippen LogP) is 5.07. The van der Waals surface area contributed by atoms with E-state index in [9.17, 15) is 4.79 Å². The van der Waals surface area contributed by atoms with E-state index in [1.165, 1.54) is 30.5 Å². The van der Waals surface area contributed by atoms with Crippen LogP contribution in [0.3, 0.4) is 0 Å². The van der Waals surface area contributed by atoms with E-state index in [1.54, 1.807) is 7.05 Å². The highest BCUT2D eigenvalue weighted by molar-refractivity contribution is 6.20. The molecule has 5 nitrogen and oxygen atoms in total. The van der Waals surface area contributed by atoms with Crippen molar-refractivity contribution in [2.75, 3.05) is 38.1 Å². The molecule has 6 rings (SSSR count). The topological polar surface area (TPSA) is 51.7 Å². The quantitative estimate of drug-likeness (QED) is 0.562. The van der Waals surface area contributed by atoms with E-state index < -0.39 is 0 Å². The molecule has 1 aromatic heterocycles. The fourth-order valence-electron chi connectivity index (χ4n) is 6.24. The Morgan fingerprint density at radius 1 is 1.09 bits per heavy atom. The Hall–Kier alpha value is -2.92. The summed E-state index contributed by atoms with van der Waals surface area (Å²) >= 11 is 0. The number of hydrogen-bond donors (Lipinski definition) is 1. The third kappa shape index (κ3) is 3.17. The van der Waals surface area contributed by atoms with Gasteiger partial charge in [-0.15, -0.1) is 0 Å². The van der Waals surface area contributed by atoms with Gasteiger partial charge in [0.1, 0.15) is 0 Å². The van der Waals surface area contributed by atoms with E-state index in [0.717, 1.165) is 71.1 Å². The number of nitrogens with one attached hydrogen (secondary N) is 1. The van der Waals surface area contributed by atoms with Gasteiger partial charge in [-0.25, -0.2) is 0 Å². The lowest BCUT2D eigenvalue weighted by atomic mass is 9.70. The Morgan fingerprint density at radius 3 is 2.53 bits per heavy atom. The minimum Gasteiger partial charge on any atom is -0.369 e. The second kappa shape index (κ2) is 7.81. The van der Waals surface area contributed by atoms with Gasteiger partial charge in [-0.2, -0.15) is 0 Å². The normalized spacial score (nSPS) is 20.6. The van der Waals surface area contributed by atoms with Gasteiger partial charge in [0, 0.05) is 78.7 Å². The van der Waals surface area contributed by atoms with E-state index in [2.05, 4.69) is 64.8 Å². The number of piperazine rings is 1. The smallest absolute Gasteiger partial charge is 0.195 e. The van der Waals surface area contributed by atoms with Crippen LogP contribution in [0.5, 0.6) is 0 Å². The van der Waals surface area contributed by atoms with Crippen LogP contribution in [0.1, 0.15) is 71.4 Å². The second-order valence-electron chi connectivity index (χ2n) is 10.8. The van der Waals surface area contributed by atoms with Crippen LogP contribution in [0.25, 0.3) is 10.9 Å². The number of aromatic nitrogens is 1. The zero-order valence-electron chi connectivity index (χ0n) is 20.7. The van der Waals surface area contributed by atoms with Crippen molar-refractivity contribution in [2.45, 2.75) is 51.5 Å². The van der Waals surface area contributed by atoms with E-state index in [0.29, 0.717) is 0 Å². The number of nitrogens with zero attached hydrogens (tertiary/aromatic N) is 3. The van der Waals surface area contributed by atoms with E-state index >= 15 is 0 Å². The lowest BCUT2D eigenvalue weighted by Crippen LogP contribution is -2.52. The van der Waals surface area contributed by atoms with Gasteiger partial charge in [0.05, 0.1) is 5.56 Å². The highest BCUT2D eigenvalue weighted by atomic mass is 16.1. The lowest BCUT2D eigenvalue weighted by Gasteiger charge is -2.44. The molecule has 3 aromatic rings. The Bertz CT molecular complexity index is 1320. The van der Waals surface area contributed by atoms with Gasteiger partial charge >= 0.3 is 0 Å². The van der Waals surface area contributed by atoms with Crippen LogP contribution in [-0.2, 0) is 5.41 Å². The monoisotopic (exact) mass is 454 g/mol. The Labute approximate surface area is 201 Å². The summed E-state index contributed by atoms with van der Waals surface area (Å²) in [6.07, 6.45) is 5.98. The Balaban J connectivity index is 1.39. The minimum atomic E-state index is -0.285. The van der Waals surface area contributed by atoms with E-state index in [1.807, 2.05) is 12.3 Å². The highest BCUT2D eigenvalue weighted by Gasteiger charge is 2.40. The average molecular weight is 455 g/mol. The van der Waals surface area contributed by atoms with Gasteiger partial charge in [0.2, 0.25) is 0 Å². The molecule has 34 heavy (non-hydrogen) atoms. The molecule has 1 saturated carbocycles. The SMILES string of the molecule is CN=Cc1ccc2c3c([nH]c2c1)C(C)(C)c1cc(N2CCN(C4CCC4)CC2)c(C)cc1C3=O. The molecule has 1 N–H and O–H groups in total. The van der Waals surface area contributed by atoms with Crippen LogP contribution in [0.2, 0.25) is 0 Å². The van der Waals surface area contributed by atoms with Gasteiger partial charge < -0.3 is 9.88 Å². The molecule has 2 heterocycles. The summed E-state index contributed by atoms with van der Waals surface area (Å²) in [4.78, 5) is 26.8. The van der Waals surface area contributed by atoms with Crippen molar-refractivity contribution in [1.29, 1.82) is 0 Å². The van der Waals surface area contributed by atoms with Crippen LogP contribution in [-0.4, -0.2) is 61.2 Å². The molecule has 176 valence electrons. The molecule has 0 radical (unpaired) electrons. The van der Waals surface area contributed by atoms with Gasteiger partial charge in [-0.3, -0.25) is 14.7 Å². The molecular formula is C29H34N4O. The van der Waals surface area contributed by atoms with Crippen molar-refractivity contribution in [2.24, 2.45) is 4.99 Å². The highest BCUT2D eigenvalue weighted by Crippen LogP contribution is 2.45. The van der Waals surface area contributed by atoms with Gasteiger partial charge in [-0.1, -0.05) is 32.4 Å². The van der Waals surface area contributed by atoms with Crippen LogP contribution in [0.15, 0.2) is 35.3 Å². The fourth-order valence-corrected chi connectivity index (χ4v) is 6.24. The number of aryl methyl sites for hydroxylation is 1. The number of carbonyl (C=O) groups is 1. The van der Waals surface area contributed by atoms with Crippen LogP contribution in [0.4, 0.5) is 5.69 Å². The first kappa shape index (κ1) is 21.6. The van der Waals surface area contributed by atoms with Crippen molar-refractivity contribution in [1.82, 2.24) is 9.88 Å². The fraction of sp³-hybridized carbons (Fsp3) is 0.448. The summed E-state index contributed by atoms with van der Waals surface area (Å²) < 4.78 is 0. The van der Waals surface area contributed by atoms with Crippen molar-refractivity contribution >= 4 is 28.6 Å². The molecule has 0 unspecified atom stereocenters. The van der Waals surface area contributed by atoms with Crippen molar-refractivity contribution in [3.63, 3.8) is 0 Å². The number of ketones is 1. The number of benzene rings is 2. The molecule has 1 saturated heterocycles. The van der Waals surface area contributed by atoms with Crippen LogP contribution in [0, 0.1) is 6.92 Å². The standard InChI is InChI=1S/C29H34N4O/c1-18-14-22-23(16-25(18)33-12-10-32(11-13-33)20-6-5-7-20)29(2,3)28-26(27(22)34)21-9-8-19(17-30-4)15-24(21)31-28/h8-9,14-17,20,31H,5-7,10-13H2,1-4H3. The number of anilines is 1. The second-order valence-corrected chi connectivity index (χ2v) is 10.8. The first-order valence-corrected chi connectivity index (χ1v) is 12.7. The molecule has 0 atom stereocenters. The summed E-state index contributed by atoms with van der Waals surface area (Å²) in [6.45, 7) is 11.0. The molecule has 2 aromatic carbocycles. The zero-order chi connectivity index (χ0) is 23.6. The number of carbonyl (C=O) groups excluding carboxylic acids is 1. The first-order valence-electron chi connectivity index (χ1n) is 12.7. The molecule has 0 amide bonds. The maximum absolute atomic E-state index is 13.8. The van der Waals surface area contributed by atoms with Crippen molar-refractivity contribution < 1.29 is 4.79 Å². The van der Waals surface area contributed by atoms with Crippen LogP contribution >= 0.6 is 0 Å². The van der Waals surface area contributed by atoms with E-state index in [-0.39, 0.29) is 11.2 Å². The largest absolute Gasteiger partial charge is 0.369 e. The molecule has 0 bridgehead atoms. The number of fused-ring (bicyclic) bond motifs is 4. The summed E-state index contributed by atoms with van der Waals surface area (Å²) in [6, 6.07) is 11.5. The molecule has 5 heteroatoms. The predicted molar refractivity (Wildman–Crippen MR) is 140 cm³/mol. The summed E-state index contributed by atoms with van der Waals surface area (Å²) in [7, 11) is 1.78. The average Bonchev–Trinajstić information content (AvgIpc) is 3.17. The maximum Gasteiger partial charge on any atom is 0.195 e. The molecule has 2 aliphatic carbocycles. The number of hydrogen-bond acceptors (Lipinski definition) is 4. The van der Waals surface area contributed by atoms with Gasteiger partial charge in [-0.05, 0) is 54.7 Å². The Morgan fingerprint density at radius 2 is 1.85 bits per heavy atom. The minimum absolute atomic E-state index is 0.136. The Kier molecular flexibility index (Phi) is 4.96. The van der Waals surface area contributed by atoms with Crippen molar-refractivity contribution in [3.05, 3.63) is 63.8 Å². The summed E-state index contributed by atoms with van der Waals surface area (Å²) in [5, 5.41) is 1.00. The third-order valence-corrected chi connectivity index (χ3v) is 8.45. The summed E-state index contributed by atoms with van der Waals surface area (Å²) in [5.74, 6) is 0.136. The number of rotatable bonds is 3. The van der Waals surface area contributed by atoms with Crippen LogP contribution < -0.4 is 4.90 Å². The number of aliphatic imine (C=N–C) groups is 1. The van der Waals surface area contributed by atoms with Crippen molar-refractivity contribution in [3.8, 4) is 0 Å². The molecular weight excluding hydrogens is 420 g/mol. The third-order valence-electron chi connectivity index (χ3n) is 8.45. The van der Waals surface area contributed by atoms with Gasteiger partial charge in [0.25, 0.3) is 0 Å². The molecule has 0 spiro atoms. The first-order chi connectivity index (χ1) is 16.4. The molecule has 2 fully saturated rings. The van der Waals surface area contributed by atoms with E-state index in [4.69, 9.17) is 0 Å². The molecule has 3 aliphatic rings. The molecule has 1 aliphatic heterocycles. The zero-order valence-corrected chi connectivity index (χ0v) is 20.7. The lowest BCUT2D eigenvalue weighted by molar-refractivity contribution is 0.103. The summed E-state index contributed by atoms with van der Waals surface area (Å²) in [5.41, 5.74) is 8.08. The maximum atomic E-state index is 13.8.